The van der Waals surface area contributed by atoms with E-state index in [0.29, 0.717) is 39.4 Å². The second kappa shape index (κ2) is 10.7. The number of nitrogens with zero attached hydrogens (tertiary/aromatic N) is 7. The molecule has 0 unspecified atom stereocenters. The maximum Gasteiger partial charge on any atom is 0.186 e. The molecule has 0 aliphatic carbocycles. The number of methoxy groups -OCH3 is 1. The molecule has 0 radical (unpaired) electrons. The molecule has 2 aromatic carbocycles. The van der Waals surface area contributed by atoms with Crippen LogP contribution in [0.15, 0.2) is 34.9 Å². The first-order valence-corrected chi connectivity index (χ1v) is 14.1. The highest BCUT2D eigenvalue weighted by atomic mass is 35.5. The molecule has 39 heavy (non-hydrogen) atoms. The number of tetrazole rings is 1. The fraction of sp³-hybridized carbons (Fsp3) is 0.346. The molecule has 13 heteroatoms. The maximum atomic E-state index is 6.54. The molecule has 1 aliphatic heterocycles. The molecule has 0 atom stereocenters. The number of H-pyrrole nitrogens is 1. The van der Waals surface area contributed by atoms with Crippen LogP contribution in [0.25, 0.3) is 32.9 Å². The molecule has 1 saturated heterocycles. The van der Waals surface area contributed by atoms with Crippen LogP contribution < -0.4 is 9.64 Å². The van der Waals surface area contributed by atoms with E-state index >= 15 is 0 Å². The topological polar surface area (TPSA) is 109 Å². The minimum atomic E-state index is 0.180. The lowest BCUT2D eigenvalue weighted by atomic mass is 10.00. The number of piperazine rings is 1. The first-order chi connectivity index (χ1) is 18.9. The number of aromatic nitrogens is 6. The van der Waals surface area contributed by atoms with Crippen LogP contribution in [0, 0.1) is 0 Å². The van der Waals surface area contributed by atoms with E-state index in [0.717, 1.165) is 58.4 Å². The van der Waals surface area contributed by atoms with Crippen molar-refractivity contribution in [2.24, 2.45) is 0 Å². The van der Waals surface area contributed by atoms with Gasteiger partial charge in [-0.15, -0.1) is 5.10 Å². The van der Waals surface area contributed by atoms with Gasteiger partial charge in [-0.3, -0.25) is 4.90 Å². The van der Waals surface area contributed by atoms with Gasteiger partial charge in [-0.2, -0.15) is 0 Å². The highest BCUT2D eigenvalue weighted by Gasteiger charge is 2.27. The molecular weight excluding hydrogens is 559 g/mol. The number of fused-ring (bicyclic) bond motifs is 1. The van der Waals surface area contributed by atoms with Crippen molar-refractivity contribution in [1.29, 1.82) is 0 Å². The molecule has 0 amide bonds. The molecule has 0 saturated carbocycles. The molecule has 5 aromatic rings. The van der Waals surface area contributed by atoms with Gasteiger partial charge in [0.15, 0.2) is 11.0 Å². The molecular formula is C26H26Cl2N8O2S. The normalized spacial score (nSPS) is 14.6. The summed E-state index contributed by atoms with van der Waals surface area (Å²) in [7, 11) is 1.65. The summed E-state index contributed by atoms with van der Waals surface area (Å²) < 4.78 is 12.5. The molecule has 0 spiro atoms. The van der Waals surface area contributed by atoms with E-state index in [1.54, 1.807) is 18.4 Å². The second-order valence-electron chi connectivity index (χ2n) is 9.66. The molecule has 3 aromatic heterocycles. The zero-order valence-electron chi connectivity index (χ0n) is 21.6. The quantitative estimate of drug-likeness (QED) is 0.250. The highest BCUT2D eigenvalue weighted by molar-refractivity contribution is 7.22. The summed E-state index contributed by atoms with van der Waals surface area (Å²) in [5.74, 6) is 2.32. The summed E-state index contributed by atoms with van der Waals surface area (Å²) in [5, 5.41) is 20.7. The van der Waals surface area contributed by atoms with Crippen molar-refractivity contribution in [3.05, 3.63) is 51.7 Å². The molecule has 1 N–H and O–H groups in total. The molecule has 1 fully saturated rings. The first-order valence-electron chi connectivity index (χ1n) is 12.6. The van der Waals surface area contributed by atoms with E-state index < -0.39 is 0 Å². The Hall–Kier alpha value is -3.25. The van der Waals surface area contributed by atoms with Gasteiger partial charge in [0.05, 0.1) is 21.9 Å². The van der Waals surface area contributed by atoms with Crippen LogP contribution in [-0.2, 0) is 6.54 Å². The predicted octanol–water partition coefficient (Wildman–Crippen LogP) is 5.89. The lowest BCUT2D eigenvalue weighted by molar-refractivity contribution is 0.247. The molecule has 10 nitrogen and oxygen atoms in total. The third kappa shape index (κ3) is 4.95. The number of hydrogen-bond acceptors (Lipinski definition) is 10. The Kier molecular flexibility index (Phi) is 7.15. The minimum absolute atomic E-state index is 0.180. The third-order valence-corrected chi connectivity index (χ3v) is 8.55. The minimum Gasteiger partial charge on any atom is -0.494 e. The summed E-state index contributed by atoms with van der Waals surface area (Å²) in [6.07, 6.45) is 0. The average Bonchev–Trinajstić information content (AvgIpc) is 3.69. The second-order valence-corrected chi connectivity index (χ2v) is 11.5. The zero-order valence-corrected chi connectivity index (χ0v) is 23.9. The van der Waals surface area contributed by atoms with Crippen LogP contribution in [0.2, 0.25) is 10.0 Å². The number of hydrogen-bond donors (Lipinski definition) is 1. The van der Waals surface area contributed by atoms with Crippen molar-refractivity contribution in [2.45, 2.75) is 26.3 Å². The number of aromatic amines is 1. The van der Waals surface area contributed by atoms with Gasteiger partial charge in [0, 0.05) is 55.3 Å². The van der Waals surface area contributed by atoms with Gasteiger partial charge in [0.1, 0.15) is 22.7 Å². The van der Waals surface area contributed by atoms with Gasteiger partial charge >= 0.3 is 0 Å². The van der Waals surface area contributed by atoms with E-state index in [4.69, 9.17) is 37.4 Å². The number of ether oxygens (including phenoxy) is 1. The lowest BCUT2D eigenvalue weighted by Crippen LogP contribution is -2.46. The SMILES string of the molecule is COc1cc(-c2nnn[nH]2)cc2sc(N3CCN(Cc4c(-c5c(Cl)cccc5Cl)noc4C(C)C)CC3)nc12. The Labute approximate surface area is 238 Å². The summed E-state index contributed by atoms with van der Waals surface area (Å²) in [6.45, 7) is 8.30. The Morgan fingerprint density at radius 1 is 1.13 bits per heavy atom. The van der Waals surface area contributed by atoms with Crippen LogP contribution >= 0.6 is 34.5 Å². The van der Waals surface area contributed by atoms with Crippen molar-refractivity contribution >= 4 is 49.9 Å². The van der Waals surface area contributed by atoms with Crippen molar-refractivity contribution in [3.8, 4) is 28.4 Å². The summed E-state index contributed by atoms with van der Waals surface area (Å²) in [4.78, 5) is 9.65. The van der Waals surface area contributed by atoms with Crippen molar-refractivity contribution < 1.29 is 9.26 Å². The Morgan fingerprint density at radius 2 is 1.90 bits per heavy atom. The van der Waals surface area contributed by atoms with Crippen molar-refractivity contribution in [2.75, 3.05) is 38.2 Å². The van der Waals surface area contributed by atoms with Crippen LogP contribution in [0.4, 0.5) is 5.13 Å². The van der Waals surface area contributed by atoms with Gasteiger partial charge in [-0.05, 0) is 34.7 Å². The Balaban J connectivity index is 1.22. The maximum absolute atomic E-state index is 6.54. The molecule has 4 heterocycles. The first kappa shape index (κ1) is 26.0. The summed E-state index contributed by atoms with van der Waals surface area (Å²) in [5.41, 5.74) is 4.16. The molecule has 0 bridgehead atoms. The summed E-state index contributed by atoms with van der Waals surface area (Å²) >= 11 is 14.7. The van der Waals surface area contributed by atoms with Gasteiger partial charge in [0.25, 0.3) is 0 Å². The van der Waals surface area contributed by atoms with E-state index in [-0.39, 0.29) is 5.92 Å². The largest absolute Gasteiger partial charge is 0.494 e. The van der Waals surface area contributed by atoms with Gasteiger partial charge < -0.3 is 14.2 Å². The number of rotatable bonds is 7. The number of benzene rings is 2. The predicted molar refractivity (Wildman–Crippen MR) is 153 cm³/mol. The van der Waals surface area contributed by atoms with Crippen LogP contribution in [0.3, 0.4) is 0 Å². The third-order valence-electron chi connectivity index (χ3n) is 6.85. The van der Waals surface area contributed by atoms with Crippen molar-refractivity contribution in [3.63, 3.8) is 0 Å². The standard InChI is InChI=1S/C26H26Cl2N8O2S/c1-14(2)24-16(22(32-38-24)21-17(27)5-4-6-18(21)28)13-35-7-9-36(10-8-35)26-29-23-19(37-3)11-15(12-20(23)39-26)25-30-33-34-31-25/h4-6,11-12,14H,7-10,13H2,1-3H3,(H,30,31,33,34). The number of nitrogens with one attached hydrogen (secondary N) is 1. The smallest absolute Gasteiger partial charge is 0.186 e. The van der Waals surface area contributed by atoms with Crippen molar-refractivity contribution in [1.82, 2.24) is 35.7 Å². The number of anilines is 1. The van der Waals surface area contributed by atoms with E-state index in [1.165, 1.54) is 0 Å². The Morgan fingerprint density at radius 3 is 2.56 bits per heavy atom. The lowest BCUT2D eigenvalue weighted by Gasteiger charge is -2.34. The van der Waals surface area contributed by atoms with E-state index in [2.05, 4.69) is 49.4 Å². The fourth-order valence-electron chi connectivity index (χ4n) is 4.87. The van der Waals surface area contributed by atoms with Gasteiger partial charge in [-0.25, -0.2) is 10.1 Å². The summed E-state index contributed by atoms with van der Waals surface area (Å²) in [6, 6.07) is 9.43. The monoisotopic (exact) mass is 584 g/mol. The van der Waals surface area contributed by atoms with E-state index in [9.17, 15) is 0 Å². The molecule has 6 rings (SSSR count). The van der Waals surface area contributed by atoms with Gasteiger partial charge in [-0.1, -0.05) is 59.6 Å². The molecule has 1 aliphatic rings. The number of thiazole rings is 1. The van der Waals surface area contributed by atoms with Gasteiger partial charge in [0.2, 0.25) is 0 Å². The van der Waals surface area contributed by atoms with Crippen LogP contribution in [0.5, 0.6) is 5.75 Å². The zero-order chi connectivity index (χ0) is 27.1. The highest BCUT2D eigenvalue weighted by Crippen LogP contribution is 2.40. The number of halogens is 2. The average molecular weight is 586 g/mol. The Bertz CT molecular complexity index is 1590. The fourth-order valence-corrected chi connectivity index (χ4v) is 6.52. The van der Waals surface area contributed by atoms with Crippen LogP contribution in [-0.4, -0.2) is 69.0 Å². The molecule has 202 valence electrons. The van der Waals surface area contributed by atoms with Crippen LogP contribution in [0.1, 0.15) is 31.1 Å². The van der Waals surface area contributed by atoms with E-state index in [1.807, 2.05) is 30.3 Å².